The lowest BCUT2D eigenvalue weighted by molar-refractivity contribution is -0.00932. The van der Waals surface area contributed by atoms with Gasteiger partial charge in [0, 0.05) is 5.54 Å². The molecule has 0 fully saturated rings. The van der Waals surface area contributed by atoms with Gasteiger partial charge in [0.25, 0.3) is 0 Å². The molecule has 0 aliphatic heterocycles. The van der Waals surface area contributed by atoms with Crippen LogP contribution in [0.1, 0.15) is 47.1 Å². The topological polar surface area (TPSA) is 70.0 Å². The Labute approximate surface area is 169 Å². The standard InChI is InChI=1S/C21H36FNO4Si/c1-20(2,3)23(19(25)26)17(13-15-10-9-11-16(22)12-15)18(14-24)27-28(7,8)21(4,5)6/h9-12,17-18,24H,13-14H2,1-8H3,(H,25,26)/t17-,18+/m0/s1. The molecule has 0 heterocycles. The van der Waals surface area contributed by atoms with Gasteiger partial charge < -0.3 is 14.6 Å². The molecule has 0 radical (unpaired) electrons. The third-order valence-electron chi connectivity index (χ3n) is 5.46. The number of carbonyl (C=O) groups is 1. The minimum absolute atomic E-state index is 0.0976. The molecule has 1 aromatic rings. The van der Waals surface area contributed by atoms with Crippen molar-refractivity contribution < 1.29 is 23.8 Å². The minimum Gasteiger partial charge on any atom is -0.465 e. The van der Waals surface area contributed by atoms with Crippen molar-refractivity contribution in [3.05, 3.63) is 35.6 Å². The van der Waals surface area contributed by atoms with Crippen LogP contribution in [0.15, 0.2) is 24.3 Å². The predicted molar refractivity (Wildman–Crippen MR) is 113 cm³/mol. The summed E-state index contributed by atoms with van der Waals surface area (Å²) in [7, 11) is -2.27. The van der Waals surface area contributed by atoms with Crippen molar-refractivity contribution in [2.75, 3.05) is 6.61 Å². The number of hydrogen-bond donors (Lipinski definition) is 2. The van der Waals surface area contributed by atoms with Crippen LogP contribution in [-0.4, -0.2) is 53.8 Å². The second-order valence-electron chi connectivity index (χ2n) is 9.82. The molecule has 1 amide bonds. The summed E-state index contributed by atoms with van der Waals surface area (Å²) in [6.07, 6.45) is -1.55. The molecule has 0 aliphatic rings. The van der Waals surface area contributed by atoms with Crippen LogP contribution in [0.4, 0.5) is 9.18 Å². The SMILES string of the molecule is CC(C)(C)N(C(=O)O)[C@@H](Cc1cccc(F)c1)[C@@H](CO)O[Si](C)(C)C(C)(C)C. The van der Waals surface area contributed by atoms with E-state index in [0.717, 1.165) is 0 Å². The summed E-state index contributed by atoms with van der Waals surface area (Å²) >= 11 is 0. The highest BCUT2D eigenvalue weighted by Gasteiger charge is 2.44. The minimum atomic E-state index is -2.27. The lowest BCUT2D eigenvalue weighted by atomic mass is 9.95. The molecule has 5 nitrogen and oxygen atoms in total. The van der Waals surface area contributed by atoms with Crippen LogP contribution in [0.25, 0.3) is 0 Å². The van der Waals surface area contributed by atoms with Crippen LogP contribution in [0.3, 0.4) is 0 Å². The van der Waals surface area contributed by atoms with Crippen molar-refractivity contribution in [3.8, 4) is 0 Å². The van der Waals surface area contributed by atoms with Crippen LogP contribution < -0.4 is 0 Å². The summed E-state index contributed by atoms with van der Waals surface area (Å²) in [5, 5.41) is 20.0. The Morgan fingerprint density at radius 2 is 1.79 bits per heavy atom. The number of halogens is 1. The zero-order valence-electron chi connectivity index (χ0n) is 18.4. The van der Waals surface area contributed by atoms with E-state index < -0.39 is 32.1 Å². The van der Waals surface area contributed by atoms with Gasteiger partial charge in [0.15, 0.2) is 8.32 Å². The first-order valence-electron chi connectivity index (χ1n) is 9.65. The lowest BCUT2D eigenvalue weighted by Gasteiger charge is -2.46. The fraction of sp³-hybridized carbons (Fsp3) is 0.667. The van der Waals surface area contributed by atoms with Crippen LogP contribution in [-0.2, 0) is 10.8 Å². The summed E-state index contributed by atoms with van der Waals surface area (Å²) < 4.78 is 20.2. The van der Waals surface area contributed by atoms with Crippen molar-refractivity contribution in [1.82, 2.24) is 4.90 Å². The van der Waals surface area contributed by atoms with Gasteiger partial charge in [0.1, 0.15) is 5.82 Å². The molecular formula is C21H36FNO4Si. The number of nitrogens with zero attached hydrogens (tertiary/aromatic N) is 1. The van der Waals surface area contributed by atoms with E-state index in [1.54, 1.807) is 32.9 Å². The number of aliphatic hydroxyl groups excluding tert-OH is 1. The maximum atomic E-state index is 13.7. The number of carboxylic acid groups (broad SMARTS) is 1. The summed E-state index contributed by atoms with van der Waals surface area (Å²) in [6.45, 7) is 15.5. The summed E-state index contributed by atoms with van der Waals surface area (Å²) in [5.74, 6) is -0.375. The highest BCUT2D eigenvalue weighted by atomic mass is 28.4. The van der Waals surface area contributed by atoms with E-state index in [1.807, 2.05) is 0 Å². The monoisotopic (exact) mass is 413 g/mol. The second kappa shape index (κ2) is 8.92. The van der Waals surface area contributed by atoms with Crippen molar-refractivity contribution in [1.29, 1.82) is 0 Å². The molecule has 0 aliphatic carbocycles. The molecule has 160 valence electrons. The Morgan fingerprint density at radius 1 is 1.21 bits per heavy atom. The van der Waals surface area contributed by atoms with E-state index in [-0.39, 0.29) is 23.9 Å². The smallest absolute Gasteiger partial charge is 0.408 e. The van der Waals surface area contributed by atoms with E-state index in [9.17, 15) is 19.4 Å². The number of hydrogen-bond acceptors (Lipinski definition) is 3. The molecular weight excluding hydrogens is 377 g/mol. The number of amides is 1. The quantitative estimate of drug-likeness (QED) is 0.624. The summed E-state index contributed by atoms with van der Waals surface area (Å²) in [4.78, 5) is 13.5. The zero-order chi connectivity index (χ0) is 21.9. The highest BCUT2D eigenvalue weighted by Crippen LogP contribution is 2.38. The Balaban J connectivity index is 3.39. The van der Waals surface area contributed by atoms with Crippen LogP contribution in [0, 0.1) is 5.82 Å². The normalized spacial score (nSPS) is 15.2. The maximum absolute atomic E-state index is 13.7. The third-order valence-corrected chi connectivity index (χ3v) is 9.96. The Bertz CT molecular complexity index is 667. The Kier molecular flexibility index (Phi) is 7.84. The van der Waals surface area contributed by atoms with E-state index in [4.69, 9.17) is 4.43 Å². The largest absolute Gasteiger partial charge is 0.465 e. The second-order valence-corrected chi connectivity index (χ2v) is 14.6. The Morgan fingerprint density at radius 3 is 2.18 bits per heavy atom. The molecule has 0 spiro atoms. The molecule has 2 atom stereocenters. The van der Waals surface area contributed by atoms with Gasteiger partial charge in [-0.15, -0.1) is 0 Å². The average molecular weight is 414 g/mol. The predicted octanol–water partition coefficient (Wildman–Crippen LogP) is 4.90. The van der Waals surface area contributed by atoms with Crippen LogP contribution in [0.5, 0.6) is 0 Å². The van der Waals surface area contributed by atoms with E-state index >= 15 is 0 Å². The van der Waals surface area contributed by atoms with Crippen molar-refractivity contribution in [3.63, 3.8) is 0 Å². The van der Waals surface area contributed by atoms with Crippen molar-refractivity contribution in [2.24, 2.45) is 0 Å². The van der Waals surface area contributed by atoms with Gasteiger partial charge in [0.05, 0.1) is 18.8 Å². The lowest BCUT2D eigenvalue weighted by Crippen LogP contribution is -2.60. The molecule has 0 aromatic heterocycles. The van der Waals surface area contributed by atoms with Gasteiger partial charge >= 0.3 is 6.09 Å². The number of rotatable bonds is 7. The molecule has 0 unspecified atom stereocenters. The van der Waals surface area contributed by atoms with Gasteiger partial charge in [0.2, 0.25) is 0 Å². The van der Waals surface area contributed by atoms with Gasteiger partial charge in [-0.2, -0.15) is 0 Å². The van der Waals surface area contributed by atoms with E-state index in [2.05, 4.69) is 33.9 Å². The van der Waals surface area contributed by atoms with E-state index in [1.165, 1.54) is 17.0 Å². The number of benzene rings is 1. The van der Waals surface area contributed by atoms with Gasteiger partial charge in [-0.3, -0.25) is 4.90 Å². The van der Waals surface area contributed by atoms with Gasteiger partial charge in [-0.05, 0) is 63.0 Å². The first kappa shape index (κ1) is 24.6. The molecule has 2 N–H and O–H groups in total. The Hall–Kier alpha value is -1.44. The third kappa shape index (κ3) is 6.29. The molecule has 0 bridgehead atoms. The van der Waals surface area contributed by atoms with Crippen LogP contribution in [0.2, 0.25) is 18.1 Å². The fourth-order valence-electron chi connectivity index (χ4n) is 3.01. The molecule has 0 saturated carbocycles. The van der Waals surface area contributed by atoms with Gasteiger partial charge in [-0.1, -0.05) is 32.9 Å². The van der Waals surface area contributed by atoms with Gasteiger partial charge in [-0.25, -0.2) is 9.18 Å². The molecule has 1 rings (SSSR count). The molecule has 1 aromatic carbocycles. The molecule has 0 saturated heterocycles. The maximum Gasteiger partial charge on any atom is 0.408 e. The fourth-order valence-corrected chi connectivity index (χ4v) is 4.36. The molecule has 28 heavy (non-hydrogen) atoms. The average Bonchev–Trinajstić information content (AvgIpc) is 2.49. The van der Waals surface area contributed by atoms with E-state index in [0.29, 0.717) is 5.56 Å². The zero-order valence-corrected chi connectivity index (χ0v) is 19.4. The van der Waals surface area contributed by atoms with Crippen molar-refractivity contribution in [2.45, 2.75) is 83.8 Å². The number of aliphatic hydroxyl groups is 1. The first-order valence-corrected chi connectivity index (χ1v) is 12.6. The molecule has 7 heteroatoms. The first-order chi connectivity index (χ1) is 12.6. The summed E-state index contributed by atoms with van der Waals surface area (Å²) in [5.41, 5.74) is -0.0496. The van der Waals surface area contributed by atoms with Crippen LogP contribution >= 0.6 is 0 Å². The summed E-state index contributed by atoms with van der Waals surface area (Å²) in [6, 6.07) is 5.47. The highest BCUT2D eigenvalue weighted by molar-refractivity contribution is 6.74. The van der Waals surface area contributed by atoms with Crippen molar-refractivity contribution >= 4 is 14.4 Å².